The van der Waals surface area contributed by atoms with E-state index in [1.54, 1.807) is 0 Å². The highest BCUT2D eigenvalue weighted by atomic mass is 79.9. The molecule has 1 saturated carbocycles. The van der Waals surface area contributed by atoms with Gasteiger partial charge in [0.25, 0.3) is 0 Å². The van der Waals surface area contributed by atoms with E-state index in [9.17, 15) is 5.11 Å². The van der Waals surface area contributed by atoms with Crippen molar-refractivity contribution in [2.45, 2.75) is 25.5 Å². The normalized spacial score (nSPS) is 25.0. The molecule has 1 heterocycles. The Morgan fingerprint density at radius 2 is 2.00 bits per heavy atom. The van der Waals surface area contributed by atoms with Crippen LogP contribution in [-0.2, 0) is 6.54 Å². The molecule has 5 heteroatoms. The number of nitrogens with one attached hydrogen (secondary N) is 1. The first-order valence-electron chi connectivity index (χ1n) is 6.19. The zero-order valence-electron chi connectivity index (χ0n) is 9.99. The molecule has 98 valence electrons. The molecule has 2 aliphatic rings. The summed E-state index contributed by atoms with van der Waals surface area (Å²) in [5, 5.41) is 12.6. The zero-order chi connectivity index (χ0) is 12.5. The van der Waals surface area contributed by atoms with Crippen LogP contribution in [0.5, 0.6) is 11.5 Å². The fourth-order valence-electron chi connectivity index (χ4n) is 2.37. The number of ether oxygens (including phenoxy) is 2. The standard InChI is InChI=1S/C13H16BrNO3/c14-11-4-13-12(17-7-18-13)3-9(11)6-15-5-8-1-10(16)2-8/h3-4,8,10,15-16H,1-2,5-7H2. The summed E-state index contributed by atoms with van der Waals surface area (Å²) in [5.41, 5.74) is 1.17. The number of hydrogen-bond donors (Lipinski definition) is 2. The highest BCUT2D eigenvalue weighted by molar-refractivity contribution is 9.10. The van der Waals surface area contributed by atoms with Crippen LogP contribution < -0.4 is 14.8 Å². The van der Waals surface area contributed by atoms with E-state index in [4.69, 9.17) is 9.47 Å². The van der Waals surface area contributed by atoms with E-state index in [1.165, 1.54) is 5.56 Å². The molecule has 0 atom stereocenters. The van der Waals surface area contributed by atoms with Gasteiger partial charge in [0.2, 0.25) is 6.79 Å². The summed E-state index contributed by atoms with van der Waals surface area (Å²) >= 11 is 3.54. The van der Waals surface area contributed by atoms with Crippen LogP contribution in [0.2, 0.25) is 0 Å². The third-order valence-electron chi connectivity index (χ3n) is 3.50. The summed E-state index contributed by atoms with van der Waals surface area (Å²) in [4.78, 5) is 0. The lowest BCUT2D eigenvalue weighted by Gasteiger charge is -2.31. The van der Waals surface area contributed by atoms with E-state index in [0.29, 0.717) is 12.7 Å². The van der Waals surface area contributed by atoms with Crippen LogP contribution in [0.1, 0.15) is 18.4 Å². The van der Waals surface area contributed by atoms with E-state index >= 15 is 0 Å². The molecule has 2 N–H and O–H groups in total. The Morgan fingerprint density at radius 3 is 2.72 bits per heavy atom. The highest BCUT2D eigenvalue weighted by Crippen LogP contribution is 2.37. The van der Waals surface area contributed by atoms with Crippen LogP contribution in [-0.4, -0.2) is 24.5 Å². The number of hydrogen-bond acceptors (Lipinski definition) is 4. The Labute approximate surface area is 114 Å². The maximum atomic E-state index is 9.22. The van der Waals surface area contributed by atoms with Crippen molar-refractivity contribution in [2.75, 3.05) is 13.3 Å². The average Bonchev–Trinajstić information content (AvgIpc) is 2.73. The predicted octanol–water partition coefficient (Wildman–Crippen LogP) is 2.04. The van der Waals surface area contributed by atoms with Crippen LogP contribution in [0.15, 0.2) is 16.6 Å². The van der Waals surface area contributed by atoms with Gasteiger partial charge in [-0.3, -0.25) is 0 Å². The van der Waals surface area contributed by atoms with Gasteiger partial charge in [0.15, 0.2) is 11.5 Å². The molecular formula is C13H16BrNO3. The second-order valence-corrected chi connectivity index (χ2v) is 5.77. The number of halogens is 1. The summed E-state index contributed by atoms with van der Waals surface area (Å²) in [5.74, 6) is 2.23. The second kappa shape index (κ2) is 5.07. The topological polar surface area (TPSA) is 50.7 Å². The SMILES string of the molecule is OC1CC(CNCc2cc3c(cc2Br)OCO3)C1. The predicted molar refractivity (Wildman–Crippen MR) is 70.7 cm³/mol. The lowest BCUT2D eigenvalue weighted by Crippen LogP contribution is -2.35. The van der Waals surface area contributed by atoms with Gasteiger partial charge in [-0.2, -0.15) is 0 Å². The monoisotopic (exact) mass is 313 g/mol. The Hall–Kier alpha value is -0.780. The lowest BCUT2D eigenvalue weighted by atomic mass is 9.82. The summed E-state index contributed by atoms with van der Waals surface area (Å²) in [6, 6.07) is 3.96. The number of fused-ring (bicyclic) bond motifs is 1. The van der Waals surface area contributed by atoms with Gasteiger partial charge in [0.05, 0.1) is 6.10 Å². The van der Waals surface area contributed by atoms with Gasteiger partial charge in [-0.05, 0) is 43.0 Å². The maximum Gasteiger partial charge on any atom is 0.231 e. The summed E-state index contributed by atoms with van der Waals surface area (Å²) in [6.45, 7) is 2.06. The van der Waals surface area contributed by atoms with E-state index < -0.39 is 0 Å². The van der Waals surface area contributed by atoms with E-state index in [0.717, 1.165) is 41.9 Å². The highest BCUT2D eigenvalue weighted by Gasteiger charge is 2.26. The Balaban J connectivity index is 1.56. The van der Waals surface area contributed by atoms with Crippen LogP contribution >= 0.6 is 15.9 Å². The first kappa shape index (κ1) is 12.3. The summed E-state index contributed by atoms with van der Waals surface area (Å²) in [6.07, 6.45) is 1.78. The number of rotatable bonds is 4. The van der Waals surface area contributed by atoms with Crippen molar-refractivity contribution in [3.8, 4) is 11.5 Å². The van der Waals surface area contributed by atoms with Crippen molar-refractivity contribution in [1.29, 1.82) is 0 Å². The Kier molecular flexibility index (Phi) is 3.46. The van der Waals surface area contributed by atoms with Crippen molar-refractivity contribution in [3.63, 3.8) is 0 Å². The van der Waals surface area contributed by atoms with Crippen molar-refractivity contribution in [2.24, 2.45) is 5.92 Å². The average molecular weight is 314 g/mol. The molecule has 0 amide bonds. The molecule has 4 nitrogen and oxygen atoms in total. The van der Waals surface area contributed by atoms with E-state index in [2.05, 4.69) is 21.2 Å². The molecule has 0 aromatic heterocycles. The molecule has 1 aliphatic heterocycles. The molecule has 0 radical (unpaired) electrons. The van der Waals surface area contributed by atoms with Gasteiger partial charge in [-0.1, -0.05) is 15.9 Å². The van der Waals surface area contributed by atoms with Gasteiger partial charge < -0.3 is 19.9 Å². The molecule has 18 heavy (non-hydrogen) atoms. The lowest BCUT2D eigenvalue weighted by molar-refractivity contribution is 0.0429. The van der Waals surface area contributed by atoms with Gasteiger partial charge in [-0.25, -0.2) is 0 Å². The fourth-order valence-corrected chi connectivity index (χ4v) is 2.84. The first-order chi connectivity index (χ1) is 8.72. The number of benzene rings is 1. The van der Waals surface area contributed by atoms with Crippen LogP contribution in [0.4, 0.5) is 0 Å². The molecular weight excluding hydrogens is 298 g/mol. The third kappa shape index (κ3) is 2.48. The second-order valence-electron chi connectivity index (χ2n) is 4.92. The molecule has 3 rings (SSSR count). The minimum absolute atomic E-state index is 0.0749. The third-order valence-corrected chi connectivity index (χ3v) is 4.24. The molecule has 1 aromatic carbocycles. The van der Waals surface area contributed by atoms with Crippen LogP contribution in [0.3, 0.4) is 0 Å². The van der Waals surface area contributed by atoms with Gasteiger partial charge >= 0.3 is 0 Å². The fraction of sp³-hybridized carbons (Fsp3) is 0.538. The maximum absolute atomic E-state index is 9.22. The molecule has 0 bridgehead atoms. The van der Waals surface area contributed by atoms with E-state index in [1.807, 2.05) is 12.1 Å². The van der Waals surface area contributed by atoms with Crippen molar-refractivity contribution in [3.05, 3.63) is 22.2 Å². The van der Waals surface area contributed by atoms with Gasteiger partial charge in [-0.15, -0.1) is 0 Å². The molecule has 1 fully saturated rings. The molecule has 0 unspecified atom stereocenters. The number of aliphatic hydroxyl groups excluding tert-OH is 1. The Bertz CT molecular complexity index is 446. The molecule has 1 aliphatic carbocycles. The van der Waals surface area contributed by atoms with Crippen LogP contribution in [0, 0.1) is 5.92 Å². The smallest absolute Gasteiger partial charge is 0.231 e. The molecule has 0 spiro atoms. The quantitative estimate of drug-likeness (QED) is 0.893. The number of aliphatic hydroxyl groups is 1. The van der Waals surface area contributed by atoms with Gasteiger partial charge in [0.1, 0.15) is 0 Å². The molecule has 0 saturated heterocycles. The zero-order valence-corrected chi connectivity index (χ0v) is 11.6. The summed E-state index contributed by atoms with van der Waals surface area (Å²) < 4.78 is 11.7. The molecule has 1 aromatic rings. The minimum atomic E-state index is -0.0749. The first-order valence-corrected chi connectivity index (χ1v) is 6.98. The van der Waals surface area contributed by atoms with Crippen LogP contribution in [0.25, 0.3) is 0 Å². The van der Waals surface area contributed by atoms with Crippen molar-refractivity contribution in [1.82, 2.24) is 5.32 Å². The van der Waals surface area contributed by atoms with Gasteiger partial charge in [0, 0.05) is 11.0 Å². The van der Waals surface area contributed by atoms with E-state index in [-0.39, 0.29) is 6.10 Å². The Morgan fingerprint density at radius 1 is 1.28 bits per heavy atom. The van der Waals surface area contributed by atoms with Crippen molar-refractivity contribution >= 4 is 15.9 Å². The largest absolute Gasteiger partial charge is 0.454 e. The minimum Gasteiger partial charge on any atom is -0.454 e. The van der Waals surface area contributed by atoms with Crippen molar-refractivity contribution < 1.29 is 14.6 Å². The summed E-state index contributed by atoms with van der Waals surface area (Å²) in [7, 11) is 0.